The van der Waals surface area contributed by atoms with Crippen molar-refractivity contribution in [3.05, 3.63) is 74.3 Å². The van der Waals surface area contributed by atoms with Gasteiger partial charge in [-0.2, -0.15) is 0 Å². The lowest BCUT2D eigenvalue weighted by atomic mass is 9.86. The van der Waals surface area contributed by atoms with Crippen LogP contribution in [0, 0.1) is 3.57 Å². The molecular formula is C24H24ClIN2O2. The molecule has 0 radical (unpaired) electrons. The van der Waals surface area contributed by atoms with E-state index in [9.17, 15) is 9.90 Å². The molecule has 3 aromatic rings. The van der Waals surface area contributed by atoms with Gasteiger partial charge in [-0.15, -0.1) is 0 Å². The van der Waals surface area contributed by atoms with Crippen LogP contribution in [0.15, 0.2) is 54.6 Å². The number of nitrogens with zero attached hydrogens (tertiary/aromatic N) is 2. The van der Waals surface area contributed by atoms with Gasteiger partial charge in [-0.05, 0) is 70.2 Å². The molecule has 0 aromatic heterocycles. The highest BCUT2D eigenvalue weighted by molar-refractivity contribution is 14.1. The van der Waals surface area contributed by atoms with E-state index in [0.29, 0.717) is 28.4 Å². The molecule has 6 heteroatoms. The summed E-state index contributed by atoms with van der Waals surface area (Å²) >= 11 is 8.51. The van der Waals surface area contributed by atoms with Crippen LogP contribution in [0.4, 0.5) is 5.69 Å². The van der Waals surface area contributed by atoms with Crippen LogP contribution in [-0.4, -0.2) is 42.1 Å². The normalized spacial score (nSPS) is 18.5. The van der Waals surface area contributed by atoms with E-state index in [0.717, 1.165) is 34.0 Å². The van der Waals surface area contributed by atoms with E-state index in [2.05, 4.69) is 41.3 Å². The molecule has 156 valence electrons. The van der Waals surface area contributed by atoms with Gasteiger partial charge < -0.3 is 14.9 Å². The molecule has 0 fully saturated rings. The molecule has 0 saturated heterocycles. The number of halogens is 2. The largest absolute Gasteiger partial charge is 0.372 e. The molecule has 1 amide bonds. The molecule has 1 atom stereocenters. The second-order valence-electron chi connectivity index (χ2n) is 7.54. The molecular weight excluding hydrogens is 511 g/mol. The third-order valence-electron chi connectivity index (χ3n) is 5.94. The fraction of sp³-hybridized carbons (Fsp3) is 0.292. The van der Waals surface area contributed by atoms with Crippen molar-refractivity contribution in [2.45, 2.75) is 19.4 Å². The molecule has 4 nitrogen and oxygen atoms in total. The Kier molecular flexibility index (Phi) is 6.08. The van der Waals surface area contributed by atoms with Gasteiger partial charge in [0.2, 0.25) is 0 Å². The first-order valence-electron chi connectivity index (χ1n) is 10.2. The van der Waals surface area contributed by atoms with Crippen molar-refractivity contribution < 1.29 is 9.90 Å². The summed E-state index contributed by atoms with van der Waals surface area (Å²) in [6, 6.07) is 17.3. The number of anilines is 1. The number of carbonyl (C=O) groups excluding carboxylic acids is 1. The zero-order chi connectivity index (χ0) is 21.5. The van der Waals surface area contributed by atoms with E-state index in [-0.39, 0.29) is 5.91 Å². The van der Waals surface area contributed by atoms with Crippen molar-refractivity contribution in [1.82, 2.24) is 4.90 Å². The number of hydrogen-bond donors (Lipinski definition) is 1. The summed E-state index contributed by atoms with van der Waals surface area (Å²) in [5, 5.41) is 14.5. The third kappa shape index (κ3) is 3.51. The topological polar surface area (TPSA) is 43.8 Å². The maximum absolute atomic E-state index is 13.7. The molecule has 1 aliphatic heterocycles. The molecule has 0 bridgehead atoms. The number of hydrogen-bond acceptors (Lipinski definition) is 3. The predicted molar refractivity (Wildman–Crippen MR) is 131 cm³/mol. The second kappa shape index (κ2) is 8.46. The Labute approximate surface area is 195 Å². The lowest BCUT2D eigenvalue weighted by Crippen LogP contribution is -2.44. The highest BCUT2D eigenvalue weighted by Gasteiger charge is 2.52. The van der Waals surface area contributed by atoms with Crippen LogP contribution in [0.3, 0.4) is 0 Å². The molecule has 0 spiro atoms. The maximum Gasteiger partial charge on any atom is 0.268 e. The molecule has 1 N–H and O–H groups in total. The number of likely N-dealkylation sites (N-methyl/N-ethyl adjacent to an activating group) is 1. The van der Waals surface area contributed by atoms with E-state index in [4.69, 9.17) is 11.6 Å². The lowest BCUT2D eigenvalue weighted by molar-refractivity contribution is -0.132. The van der Waals surface area contributed by atoms with Gasteiger partial charge in [0.1, 0.15) is 0 Å². The molecule has 4 rings (SSSR count). The first-order valence-corrected chi connectivity index (χ1v) is 11.6. The first kappa shape index (κ1) is 21.6. The summed E-state index contributed by atoms with van der Waals surface area (Å²) < 4.78 is 0.782. The van der Waals surface area contributed by atoms with Gasteiger partial charge in [0, 0.05) is 27.2 Å². The number of fused-ring (bicyclic) bond motifs is 2. The summed E-state index contributed by atoms with van der Waals surface area (Å²) in [5.41, 5.74) is 0.161. The van der Waals surface area contributed by atoms with Gasteiger partial charge in [-0.3, -0.25) is 4.79 Å². The quantitative estimate of drug-likeness (QED) is 0.452. The standard InChI is InChI=1S/C24H24ClIN2O2/c1-3-27(4-2)11-12-28-21-15-19(25)14-20(26)22(21)24(30,23(28)29)18-10-9-16-7-5-6-8-17(16)13-18/h5-10,13-15,30H,3-4,11-12H2,1-2H3. The maximum atomic E-state index is 13.7. The van der Waals surface area contributed by atoms with Gasteiger partial charge in [0.25, 0.3) is 5.91 Å². The van der Waals surface area contributed by atoms with E-state index < -0.39 is 5.60 Å². The third-order valence-corrected chi connectivity index (χ3v) is 7.01. The van der Waals surface area contributed by atoms with Crippen molar-refractivity contribution in [3.63, 3.8) is 0 Å². The summed E-state index contributed by atoms with van der Waals surface area (Å²) in [6.45, 7) is 7.26. The average Bonchev–Trinajstić information content (AvgIpc) is 2.96. The monoisotopic (exact) mass is 534 g/mol. The Balaban J connectivity index is 1.84. The zero-order valence-electron chi connectivity index (χ0n) is 17.0. The molecule has 30 heavy (non-hydrogen) atoms. The van der Waals surface area contributed by atoms with Crippen LogP contribution in [0.2, 0.25) is 5.02 Å². The van der Waals surface area contributed by atoms with Crippen molar-refractivity contribution in [3.8, 4) is 0 Å². The van der Waals surface area contributed by atoms with Crippen molar-refractivity contribution >= 4 is 56.6 Å². The summed E-state index contributed by atoms with van der Waals surface area (Å²) in [5.74, 6) is -0.319. The fourth-order valence-electron chi connectivity index (χ4n) is 4.23. The number of rotatable bonds is 6. The van der Waals surface area contributed by atoms with Crippen LogP contribution in [-0.2, 0) is 10.4 Å². The first-order chi connectivity index (χ1) is 14.4. The molecule has 1 heterocycles. The summed E-state index contributed by atoms with van der Waals surface area (Å²) in [6.07, 6.45) is 0. The van der Waals surface area contributed by atoms with Crippen LogP contribution >= 0.6 is 34.2 Å². The fourth-order valence-corrected chi connectivity index (χ4v) is 5.63. The average molecular weight is 535 g/mol. The van der Waals surface area contributed by atoms with Crippen LogP contribution in [0.25, 0.3) is 10.8 Å². The Morgan fingerprint density at radius 3 is 2.47 bits per heavy atom. The van der Waals surface area contributed by atoms with Gasteiger partial charge in [0.05, 0.1) is 5.69 Å². The van der Waals surface area contributed by atoms with Gasteiger partial charge in [-0.25, -0.2) is 0 Å². The van der Waals surface area contributed by atoms with E-state index in [1.54, 1.807) is 17.0 Å². The number of amides is 1. The van der Waals surface area contributed by atoms with E-state index in [1.165, 1.54) is 0 Å². The molecule has 1 unspecified atom stereocenters. The van der Waals surface area contributed by atoms with Crippen molar-refractivity contribution in [2.75, 3.05) is 31.1 Å². The highest BCUT2D eigenvalue weighted by Crippen LogP contribution is 2.48. The Bertz CT molecular complexity index is 1120. The molecule has 0 aliphatic carbocycles. The van der Waals surface area contributed by atoms with Gasteiger partial charge in [0.15, 0.2) is 5.60 Å². The lowest BCUT2D eigenvalue weighted by Gasteiger charge is -2.26. The number of benzene rings is 3. The molecule has 0 saturated carbocycles. The number of carbonyl (C=O) groups is 1. The zero-order valence-corrected chi connectivity index (χ0v) is 19.9. The highest BCUT2D eigenvalue weighted by atomic mass is 127. The second-order valence-corrected chi connectivity index (χ2v) is 9.14. The summed E-state index contributed by atoms with van der Waals surface area (Å²) in [4.78, 5) is 17.6. The number of aliphatic hydroxyl groups is 1. The SMILES string of the molecule is CCN(CC)CCN1C(=O)C(O)(c2ccc3ccccc3c2)c2c(I)cc(Cl)cc21. The predicted octanol–water partition coefficient (Wildman–Crippen LogP) is 5.02. The van der Waals surface area contributed by atoms with Gasteiger partial charge >= 0.3 is 0 Å². The van der Waals surface area contributed by atoms with Crippen LogP contribution < -0.4 is 4.90 Å². The Morgan fingerprint density at radius 2 is 1.77 bits per heavy atom. The molecule has 3 aromatic carbocycles. The minimum atomic E-state index is -1.73. The van der Waals surface area contributed by atoms with Crippen LogP contribution in [0.5, 0.6) is 0 Å². The van der Waals surface area contributed by atoms with E-state index >= 15 is 0 Å². The minimum absolute atomic E-state index is 0.319. The van der Waals surface area contributed by atoms with Crippen LogP contribution in [0.1, 0.15) is 25.0 Å². The van der Waals surface area contributed by atoms with E-state index in [1.807, 2.05) is 42.5 Å². The minimum Gasteiger partial charge on any atom is -0.372 e. The van der Waals surface area contributed by atoms with Gasteiger partial charge in [-0.1, -0.05) is 61.8 Å². The van der Waals surface area contributed by atoms with Crippen molar-refractivity contribution in [2.24, 2.45) is 0 Å². The Hall–Kier alpha value is -1.67. The molecule has 1 aliphatic rings. The summed E-state index contributed by atoms with van der Waals surface area (Å²) in [7, 11) is 0. The Morgan fingerprint density at radius 1 is 1.07 bits per heavy atom. The van der Waals surface area contributed by atoms with Crippen molar-refractivity contribution in [1.29, 1.82) is 0 Å². The smallest absolute Gasteiger partial charge is 0.268 e.